The Balaban J connectivity index is 2.19. The van der Waals surface area contributed by atoms with Gasteiger partial charge in [0.2, 0.25) is 0 Å². The van der Waals surface area contributed by atoms with E-state index in [1.165, 1.54) is 18.2 Å². The molecule has 0 amide bonds. The highest BCUT2D eigenvalue weighted by Crippen LogP contribution is 2.25. The van der Waals surface area contributed by atoms with Crippen molar-refractivity contribution < 1.29 is 25.2 Å². The third-order valence-corrected chi connectivity index (χ3v) is 2.95. The molecule has 104 valence electrons. The monoisotopic (exact) mass is 274 g/mol. The molecule has 0 bridgehead atoms. The third-order valence-electron chi connectivity index (χ3n) is 2.95. The van der Waals surface area contributed by atoms with Crippen molar-refractivity contribution >= 4 is 5.78 Å². The van der Waals surface area contributed by atoms with Crippen molar-refractivity contribution in [3.05, 3.63) is 53.6 Å². The van der Waals surface area contributed by atoms with Crippen molar-refractivity contribution in [3.63, 3.8) is 0 Å². The lowest BCUT2D eigenvalue weighted by Crippen LogP contribution is -2.23. The Labute approximate surface area is 115 Å². The summed E-state index contributed by atoms with van der Waals surface area (Å²) < 4.78 is 0. The van der Waals surface area contributed by atoms with Gasteiger partial charge in [0, 0.05) is 12.5 Å². The first kappa shape index (κ1) is 13.9. The summed E-state index contributed by atoms with van der Waals surface area (Å²) in [4.78, 5) is 12.0. The van der Waals surface area contributed by atoms with Crippen LogP contribution in [-0.4, -0.2) is 32.3 Å². The molecule has 0 aliphatic carbocycles. The van der Waals surface area contributed by atoms with E-state index in [1.807, 2.05) is 0 Å². The van der Waals surface area contributed by atoms with Crippen LogP contribution in [0.4, 0.5) is 0 Å². The predicted octanol–water partition coefficient (Wildman–Crippen LogP) is 1.59. The molecule has 2 aromatic carbocycles. The van der Waals surface area contributed by atoms with Gasteiger partial charge in [-0.05, 0) is 23.8 Å². The fourth-order valence-corrected chi connectivity index (χ4v) is 1.89. The second-order valence-electron chi connectivity index (χ2n) is 4.41. The number of carbonyl (C=O) groups is 1. The van der Waals surface area contributed by atoms with E-state index in [4.69, 9.17) is 5.11 Å². The molecule has 20 heavy (non-hydrogen) atoms. The minimum Gasteiger partial charge on any atom is -0.508 e. The first-order chi connectivity index (χ1) is 9.49. The van der Waals surface area contributed by atoms with Crippen LogP contribution in [0, 0.1) is 0 Å². The smallest absolute Gasteiger partial charge is 0.195 e. The fraction of sp³-hybridized carbons (Fsp3) is 0.133. The number of rotatable bonds is 4. The Morgan fingerprint density at radius 1 is 1.00 bits per heavy atom. The highest BCUT2D eigenvalue weighted by molar-refractivity contribution is 6.01. The topological polar surface area (TPSA) is 98.0 Å². The summed E-state index contributed by atoms with van der Waals surface area (Å²) in [6, 6.07) is 9.90. The molecule has 0 saturated heterocycles. The van der Waals surface area contributed by atoms with Gasteiger partial charge in [-0.2, -0.15) is 0 Å². The zero-order valence-corrected chi connectivity index (χ0v) is 10.5. The largest absolute Gasteiger partial charge is 0.508 e. The predicted molar refractivity (Wildman–Crippen MR) is 71.9 cm³/mol. The van der Waals surface area contributed by atoms with Crippen LogP contribution >= 0.6 is 0 Å². The molecular weight excluding hydrogens is 260 g/mol. The molecular formula is C15H14O5. The number of phenols is 3. The molecule has 0 heterocycles. The summed E-state index contributed by atoms with van der Waals surface area (Å²) in [5.41, 5.74) is 0.359. The van der Waals surface area contributed by atoms with Gasteiger partial charge in [-0.1, -0.05) is 18.2 Å². The molecule has 2 rings (SSSR count). The first-order valence-corrected chi connectivity index (χ1v) is 6.00. The van der Waals surface area contributed by atoms with Gasteiger partial charge < -0.3 is 20.4 Å². The van der Waals surface area contributed by atoms with E-state index in [0.717, 1.165) is 6.07 Å². The second kappa shape index (κ2) is 5.63. The third kappa shape index (κ3) is 2.89. The summed E-state index contributed by atoms with van der Waals surface area (Å²) in [6.45, 7) is 0. The van der Waals surface area contributed by atoms with E-state index in [0.29, 0.717) is 5.56 Å². The molecule has 0 fully saturated rings. The van der Waals surface area contributed by atoms with E-state index in [1.54, 1.807) is 18.2 Å². The van der Waals surface area contributed by atoms with Crippen LogP contribution in [0.5, 0.6) is 17.2 Å². The Bertz CT molecular complexity index is 636. The van der Waals surface area contributed by atoms with Crippen molar-refractivity contribution in [1.29, 1.82) is 0 Å². The number of aromatic hydroxyl groups is 3. The van der Waals surface area contributed by atoms with Crippen molar-refractivity contribution in [1.82, 2.24) is 0 Å². The SMILES string of the molecule is O=C(c1ccc(O)cc1O)C(O)Cc1ccccc1O. The summed E-state index contributed by atoms with van der Waals surface area (Å²) in [7, 11) is 0. The van der Waals surface area contributed by atoms with Crippen LogP contribution in [0.2, 0.25) is 0 Å². The normalized spacial score (nSPS) is 12.1. The van der Waals surface area contributed by atoms with E-state index >= 15 is 0 Å². The Morgan fingerprint density at radius 3 is 2.35 bits per heavy atom. The molecule has 0 spiro atoms. The number of aliphatic hydroxyl groups excluding tert-OH is 1. The van der Waals surface area contributed by atoms with Crippen LogP contribution in [-0.2, 0) is 6.42 Å². The van der Waals surface area contributed by atoms with Crippen molar-refractivity contribution in [2.24, 2.45) is 0 Å². The average molecular weight is 274 g/mol. The molecule has 4 N–H and O–H groups in total. The van der Waals surface area contributed by atoms with Gasteiger partial charge in [0.05, 0.1) is 5.56 Å². The number of phenolic OH excluding ortho intramolecular Hbond substituents is 3. The van der Waals surface area contributed by atoms with Crippen LogP contribution in [0.1, 0.15) is 15.9 Å². The number of hydrogen-bond donors (Lipinski definition) is 4. The second-order valence-corrected chi connectivity index (χ2v) is 4.41. The fourth-order valence-electron chi connectivity index (χ4n) is 1.89. The molecule has 2 aromatic rings. The maximum Gasteiger partial charge on any atom is 0.195 e. The molecule has 1 atom stereocenters. The minimum absolute atomic E-state index is 0.00530. The Kier molecular flexibility index (Phi) is 3.91. The lowest BCUT2D eigenvalue weighted by Gasteiger charge is -2.12. The summed E-state index contributed by atoms with van der Waals surface area (Å²) in [6.07, 6.45) is -1.45. The lowest BCUT2D eigenvalue weighted by atomic mass is 9.99. The van der Waals surface area contributed by atoms with Gasteiger partial charge in [0.1, 0.15) is 23.4 Å². The summed E-state index contributed by atoms with van der Waals surface area (Å²) >= 11 is 0. The van der Waals surface area contributed by atoms with Gasteiger partial charge in [-0.15, -0.1) is 0 Å². The van der Waals surface area contributed by atoms with Crippen molar-refractivity contribution in [2.75, 3.05) is 0 Å². The van der Waals surface area contributed by atoms with Gasteiger partial charge in [-0.25, -0.2) is 0 Å². The Hall–Kier alpha value is -2.53. The minimum atomic E-state index is -1.39. The molecule has 0 radical (unpaired) electrons. The summed E-state index contributed by atoms with van der Waals surface area (Å²) in [5.74, 6) is -1.25. The number of para-hydroxylation sites is 1. The number of ketones is 1. The van der Waals surface area contributed by atoms with Gasteiger partial charge >= 0.3 is 0 Å². The highest BCUT2D eigenvalue weighted by Gasteiger charge is 2.21. The molecule has 5 nitrogen and oxygen atoms in total. The number of carbonyl (C=O) groups excluding carboxylic acids is 1. The van der Waals surface area contributed by atoms with Crippen LogP contribution in [0.15, 0.2) is 42.5 Å². The maximum atomic E-state index is 12.0. The standard InChI is InChI=1S/C15H14O5/c16-10-5-6-11(13(18)8-10)15(20)14(19)7-9-3-1-2-4-12(9)17/h1-6,8,14,16-19H,7H2. The zero-order valence-electron chi connectivity index (χ0n) is 10.5. The first-order valence-electron chi connectivity index (χ1n) is 6.00. The van der Waals surface area contributed by atoms with Crippen LogP contribution in [0.25, 0.3) is 0 Å². The quantitative estimate of drug-likeness (QED) is 0.635. The molecule has 5 heteroatoms. The van der Waals surface area contributed by atoms with Crippen LogP contribution in [0.3, 0.4) is 0 Å². The van der Waals surface area contributed by atoms with Crippen molar-refractivity contribution in [3.8, 4) is 17.2 Å². The van der Waals surface area contributed by atoms with Crippen LogP contribution < -0.4 is 0 Å². The summed E-state index contributed by atoms with van der Waals surface area (Å²) in [5, 5.41) is 38.3. The number of hydrogen-bond acceptors (Lipinski definition) is 5. The van der Waals surface area contributed by atoms with E-state index in [9.17, 15) is 20.1 Å². The van der Waals surface area contributed by atoms with E-state index in [-0.39, 0.29) is 23.5 Å². The van der Waals surface area contributed by atoms with Gasteiger partial charge in [0.15, 0.2) is 5.78 Å². The molecule has 1 unspecified atom stereocenters. The average Bonchev–Trinajstić information content (AvgIpc) is 2.40. The van der Waals surface area contributed by atoms with Crippen molar-refractivity contribution in [2.45, 2.75) is 12.5 Å². The van der Waals surface area contributed by atoms with E-state index < -0.39 is 17.6 Å². The van der Waals surface area contributed by atoms with E-state index in [2.05, 4.69) is 0 Å². The molecule has 0 aromatic heterocycles. The molecule has 0 aliphatic heterocycles. The molecule has 0 aliphatic rings. The number of Topliss-reactive ketones (excluding diaryl/α,β-unsaturated/α-hetero) is 1. The highest BCUT2D eigenvalue weighted by atomic mass is 16.3. The van der Waals surface area contributed by atoms with Gasteiger partial charge in [0.25, 0.3) is 0 Å². The van der Waals surface area contributed by atoms with Gasteiger partial charge in [-0.3, -0.25) is 4.79 Å². The zero-order chi connectivity index (χ0) is 14.7. The maximum absolute atomic E-state index is 12.0. The number of aliphatic hydroxyl groups is 1. The lowest BCUT2D eigenvalue weighted by molar-refractivity contribution is 0.0744. The number of benzene rings is 2. The Morgan fingerprint density at radius 2 is 1.70 bits per heavy atom. The molecule has 0 saturated carbocycles.